The van der Waals surface area contributed by atoms with Crippen molar-refractivity contribution in [2.24, 2.45) is 4.99 Å². The van der Waals surface area contributed by atoms with Crippen LogP contribution in [0.5, 0.6) is 0 Å². The highest BCUT2D eigenvalue weighted by atomic mass is 79.9. The molecule has 1 fully saturated rings. The van der Waals surface area contributed by atoms with Gasteiger partial charge in [-0.1, -0.05) is 34.1 Å². The number of aliphatic imine (C=N–C) groups is 1. The van der Waals surface area contributed by atoms with Crippen LogP contribution >= 0.6 is 15.9 Å². The fourth-order valence-corrected chi connectivity index (χ4v) is 3.20. The van der Waals surface area contributed by atoms with E-state index in [9.17, 15) is 0 Å². The number of guanidine groups is 1. The highest BCUT2D eigenvalue weighted by Gasteiger charge is 2.45. The number of benzene rings is 1. The predicted octanol–water partition coefficient (Wildman–Crippen LogP) is 2.42. The molecule has 1 aliphatic heterocycles. The Morgan fingerprint density at radius 2 is 2.22 bits per heavy atom. The summed E-state index contributed by atoms with van der Waals surface area (Å²) in [7, 11) is 0. The van der Waals surface area contributed by atoms with E-state index in [1.807, 2.05) is 0 Å². The summed E-state index contributed by atoms with van der Waals surface area (Å²) in [6, 6.07) is 9.01. The lowest BCUT2D eigenvalue weighted by Gasteiger charge is -2.19. The Morgan fingerprint density at radius 3 is 2.83 bits per heavy atom. The van der Waals surface area contributed by atoms with Gasteiger partial charge in [-0.2, -0.15) is 0 Å². The van der Waals surface area contributed by atoms with Crippen LogP contribution in [0, 0.1) is 0 Å². The number of hydrogen-bond donors (Lipinski definition) is 2. The number of nitrogens with zero attached hydrogens (tertiary/aromatic N) is 1. The van der Waals surface area contributed by atoms with Gasteiger partial charge < -0.3 is 10.6 Å². The van der Waals surface area contributed by atoms with Crippen LogP contribution in [-0.2, 0) is 5.41 Å². The van der Waals surface area contributed by atoms with Gasteiger partial charge >= 0.3 is 0 Å². The predicted molar refractivity (Wildman–Crippen MR) is 78.0 cm³/mol. The first-order chi connectivity index (χ1) is 8.70. The molecule has 1 unspecified atom stereocenters. The second-order valence-electron chi connectivity index (χ2n) is 5.35. The van der Waals surface area contributed by atoms with E-state index in [0.29, 0.717) is 11.5 Å². The van der Waals surface area contributed by atoms with Crippen LogP contribution in [0.3, 0.4) is 0 Å². The molecule has 0 radical (unpaired) electrons. The fraction of sp³-hybridized carbons (Fsp3) is 0.500. The minimum Gasteiger partial charge on any atom is -0.356 e. The molecule has 1 heterocycles. The zero-order valence-electron chi connectivity index (χ0n) is 10.5. The van der Waals surface area contributed by atoms with E-state index in [-0.39, 0.29) is 0 Å². The van der Waals surface area contributed by atoms with E-state index < -0.39 is 0 Å². The Balaban J connectivity index is 1.68. The molecule has 3 nitrogen and oxygen atoms in total. The minimum absolute atomic E-state index is 0.302. The molecular formula is C14H18BrN3. The first kappa shape index (κ1) is 12.0. The van der Waals surface area contributed by atoms with Crippen molar-refractivity contribution in [3.8, 4) is 0 Å². The van der Waals surface area contributed by atoms with E-state index in [1.165, 1.54) is 22.9 Å². The van der Waals surface area contributed by atoms with Gasteiger partial charge in [0.15, 0.2) is 5.96 Å². The largest absolute Gasteiger partial charge is 0.356 e. The van der Waals surface area contributed by atoms with Gasteiger partial charge in [-0.3, -0.25) is 4.99 Å². The average Bonchev–Trinajstić information content (AvgIpc) is 3.04. The van der Waals surface area contributed by atoms with Crippen molar-refractivity contribution in [1.29, 1.82) is 0 Å². The molecule has 0 bridgehead atoms. The van der Waals surface area contributed by atoms with Gasteiger partial charge in [0.1, 0.15) is 0 Å². The Bertz CT molecular complexity index is 480. The fourth-order valence-electron chi connectivity index (χ4n) is 2.50. The first-order valence-electron chi connectivity index (χ1n) is 6.49. The summed E-state index contributed by atoms with van der Waals surface area (Å²) in [4.78, 5) is 4.45. The van der Waals surface area contributed by atoms with Crippen LogP contribution in [0.25, 0.3) is 0 Å². The smallest absolute Gasteiger partial charge is 0.191 e. The standard InChI is InChI=1S/C14H18BrN3/c1-10-8-16-13(18-10)17-9-14(6-7-14)11-4-2-3-5-12(11)15/h2-5,10H,6-9H2,1H3,(H2,16,17,18). The molecule has 0 saturated heterocycles. The molecule has 3 rings (SSSR count). The van der Waals surface area contributed by atoms with Crippen molar-refractivity contribution >= 4 is 21.9 Å². The Kier molecular flexibility index (Phi) is 3.06. The summed E-state index contributed by atoms with van der Waals surface area (Å²) in [5, 5.41) is 6.81. The monoisotopic (exact) mass is 307 g/mol. The number of nitrogens with one attached hydrogen (secondary N) is 2. The number of hydrogen-bond acceptors (Lipinski definition) is 3. The van der Waals surface area contributed by atoms with Gasteiger partial charge in [-0.15, -0.1) is 0 Å². The lowest BCUT2D eigenvalue weighted by molar-refractivity contribution is 0.642. The molecular weight excluding hydrogens is 290 g/mol. The minimum atomic E-state index is 0.302. The van der Waals surface area contributed by atoms with Crippen molar-refractivity contribution in [3.63, 3.8) is 0 Å². The van der Waals surface area contributed by atoms with Crippen LogP contribution in [-0.4, -0.2) is 25.1 Å². The second-order valence-corrected chi connectivity index (χ2v) is 6.20. The van der Waals surface area contributed by atoms with Gasteiger partial charge in [0.05, 0.1) is 6.54 Å². The van der Waals surface area contributed by atoms with Crippen LogP contribution in [0.4, 0.5) is 0 Å². The lowest BCUT2D eigenvalue weighted by Crippen LogP contribution is -2.41. The van der Waals surface area contributed by atoms with Crippen LogP contribution in [0.15, 0.2) is 33.7 Å². The molecule has 4 heteroatoms. The van der Waals surface area contributed by atoms with Crippen molar-refractivity contribution in [1.82, 2.24) is 10.6 Å². The van der Waals surface area contributed by atoms with E-state index in [2.05, 4.69) is 62.7 Å². The summed E-state index contributed by atoms with van der Waals surface area (Å²) < 4.78 is 1.22. The molecule has 1 atom stereocenters. The molecule has 2 N–H and O–H groups in total. The van der Waals surface area contributed by atoms with Gasteiger partial charge in [0.2, 0.25) is 0 Å². The van der Waals surface area contributed by atoms with E-state index in [1.54, 1.807) is 0 Å². The summed E-state index contributed by atoms with van der Waals surface area (Å²) in [5.74, 6) is 0.959. The Hall–Kier alpha value is -1.03. The quantitative estimate of drug-likeness (QED) is 0.900. The molecule has 0 aromatic heterocycles. The number of rotatable bonds is 3. The maximum Gasteiger partial charge on any atom is 0.191 e. The van der Waals surface area contributed by atoms with Gasteiger partial charge in [-0.05, 0) is 31.4 Å². The SMILES string of the molecule is CC1CN=C(NCC2(c3ccccc3Br)CC2)N1. The highest BCUT2D eigenvalue weighted by Crippen LogP contribution is 2.49. The summed E-state index contributed by atoms with van der Waals surface area (Å²) in [6.07, 6.45) is 2.51. The third kappa shape index (κ3) is 2.26. The summed E-state index contributed by atoms with van der Waals surface area (Å²) in [5.41, 5.74) is 1.72. The van der Waals surface area contributed by atoms with E-state index >= 15 is 0 Å². The van der Waals surface area contributed by atoms with Crippen molar-refractivity contribution < 1.29 is 0 Å². The molecule has 0 amide bonds. The zero-order valence-corrected chi connectivity index (χ0v) is 12.1. The van der Waals surface area contributed by atoms with E-state index in [4.69, 9.17) is 0 Å². The topological polar surface area (TPSA) is 36.4 Å². The van der Waals surface area contributed by atoms with Gasteiger partial charge in [-0.25, -0.2) is 0 Å². The molecule has 0 spiro atoms. The normalized spacial score (nSPS) is 24.3. The summed E-state index contributed by atoms with van der Waals surface area (Å²) in [6.45, 7) is 4.00. The van der Waals surface area contributed by atoms with Crippen molar-refractivity contribution in [3.05, 3.63) is 34.3 Å². The Morgan fingerprint density at radius 1 is 1.44 bits per heavy atom. The second kappa shape index (κ2) is 4.57. The molecule has 2 aliphatic rings. The zero-order chi connectivity index (χ0) is 12.6. The van der Waals surface area contributed by atoms with Gasteiger partial charge in [0.25, 0.3) is 0 Å². The van der Waals surface area contributed by atoms with Crippen LogP contribution in [0.1, 0.15) is 25.3 Å². The van der Waals surface area contributed by atoms with Crippen LogP contribution in [0.2, 0.25) is 0 Å². The van der Waals surface area contributed by atoms with Crippen molar-refractivity contribution in [2.75, 3.05) is 13.1 Å². The number of halogens is 1. The Labute approximate surface area is 116 Å². The third-order valence-electron chi connectivity index (χ3n) is 3.80. The van der Waals surface area contributed by atoms with Crippen molar-refractivity contribution in [2.45, 2.75) is 31.2 Å². The highest BCUT2D eigenvalue weighted by molar-refractivity contribution is 9.10. The van der Waals surface area contributed by atoms with Crippen LogP contribution < -0.4 is 10.6 Å². The lowest BCUT2D eigenvalue weighted by atomic mass is 9.96. The molecule has 18 heavy (non-hydrogen) atoms. The maximum absolute atomic E-state index is 4.45. The maximum atomic E-state index is 4.45. The summed E-state index contributed by atoms with van der Waals surface area (Å²) >= 11 is 3.66. The third-order valence-corrected chi connectivity index (χ3v) is 4.49. The molecule has 1 aromatic rings. The molecule has 1 saturated carbocycles. The molecule has 96 valence electrons. The average molecular weight is 308 g/mol. The molecule has 1 aliphatic carbocycles. The van der Waals surface area contributed by atoms with E-state index in [0.717, 1.165) is 19.0 Å². The van der Waals surface area contributed by atoms with Gasteiger partial charge in [0, 0.05) is 22.5 Å². The molecule has 1 aromatic carbocycles. The first-order valence-corrected chi connectivity index (χ1v) is 7.29.